The molecule has 0 bridgehead atoms. The lowest BCUT2D eigenvalue weighted by molar-refractivity contribution is -0.125. The number of nitrogens with zero attached hydrogens (tertiary/aromatic N) is 1. The van der Waals surface area contributed by atoms with E-state index in [4.69, 9.17) is 16.3 Å². The second-order valence-electron chi connectivity index (χ2n) is 9.47. The maximum Gasteiger partial charge on any atom is 0.265 e. The van der Waals surface area contributed by atoms with Gasteiger partial charge in [0, 0.05) is 36.6 Å². The maximum atomic E-state index is 13.9. The highest BCUT2D eigenvalue weighted by Gasteiger charge is 2.26. The summed E-state index contributed by atoms with van der Waals surface area (Å²) < 4.78 is 33.4. The molecule has 0 unspecified atom stereocenters. The molecule has 8 nitrogen and oxygen atoms in total. The van der Waals surface area contributed by atoms with E-state index in [0.29, 0.717) is 28.1 Å². The predicted octanol–water partition coefficient (Wildman–Crippen LogP) is 4.08. The minimum absolute atomic E-state index is 0.0688. The van der Waals surface area contributed by atoms with Gasteiger partial charge in [-0.05, 0) is 35.7 Å². The van der Waals surface area contributed by atoms with Gasteiger partial charge in [0.05, 0.1) is 15.8 Å². The predicted molar refractivity (Wildman–Crippen MR) is 136 cm³/mol. The zero-order chi connectivity index (χ0) is 26.5. The summed E-state index contributed by atoms with van der Waals surface area (Å²) in [6.45, 7) is 6.73. The number of thiophene rings is 1. The number of alkyl halides is 2. The van der Waals surface area contributed by atoms with Gasteiger partial charge in [0.25, 0.3) is 18.2 Å². The van der Waals surface area contributed by atoms with Crippen LogP contribution in [0.3, 0.4) is 0 Å². The number of benzene rings is 1. The van der Waals surface area contributed by atoms with Gasteiger partial charge in [-0.1, -0.05) is 32.4 Å². The van der Waals surface area contributed by atoms with Crippen LogP contribution in [0.5, 0.6) is 0 Å². The van der Waals surface area contributed by atoms with Crippen LogP contribution in [0.4, 0.5) is 20.2 Å². The number of rotatable bonds is 9. The molecule has 36 heavy (non-hydrogen) atoms. The smallest absolute Gasteiger partial charge is 0.265 e. The number of morpholine rings is 1. The van der Waals surface area contributed by atoms with Gasteiger partial charge >= 0.3 is 0 Å². The fraction of sp³-hybridized carbons (Fsp3) is 0.458. The van der Waals surface area contributed by atoms with Gasteiger partial charge < -0.3 is 25.6 Å². The van der Waals surface area contributed by atoms with Crippen LogP contribution in [0, 0.1) is 5.41 Å². The highest BCUT2D eigenvalue weighted by molar-refractivity contribution is 7.18. The normalized spacial score (nSPS) is 15.2. The number of ether oxygens (including phenoxy) is 1. The first-order valence-electron chi connectivity index (χ1n) is 11.3. The Labute approximate surface area is 217 Å². The van der Waals surface area contributed by atoms with Crippen LogP contribution < -0.4 is 20.9 Å². The van der Waals surface area contributed by atoms with Gasteiger partial charge in [0.2, 0.25) is 5.91 Å². The van der Waals surface area contributed by atoms with E-state index in [1.807, 2.05) is 20.8 Å². The minimum Gasteiger partial charge on any atom is -0.370 e. The summed E-state index contributed by atoms with van der Waals surface area (Å²) in [5.74, 6) is -1.30. The Morgan fingerprint density at radius 1 is 1.22 bits per heavy atom. The van der Waals surface area contributed by atoms with E-state index in [1.54, 1.807) is 12.1 Å². The molecule has 3 N–H and O–H groups in total. The SMILES string of the molecule is CC(C)(C)CN[C@@H](CNC(=O)c1ccc(Cl)s1)C(=O)Nc1ccc(N2CCOCC2=O)cc1C(F)F. The summed E-state index contributed by atoms with van der Waals surface area (Å²) >= 11 is 7.00. The summed E-state index contributed by atoms with van der Waals surface area (Å²) in [7, 11) is 0. The molecule has 3 rings (SSSR count). The molecule has 1 aliphatic rings. The summed E-state index contributed by atoms with van der Waals surface area (Å²) in [5, 5.41) is 8.36. The van der Waals surface area contributed by atoms with Crippen molar-refractivity contribution in [2.75, 3.05) is 43.1 Å². The molecule has 0 spiro atoms. The van der Waals surface area contributed by atoms with Crippen molar-refractivity contribution in [2.24, 2.45) is 5.41 Å². The number of amides is 3. The van der Waals surface area contributed by atoms with Crippen molar-refractivity contribution in [1.82, 2.24) is 10.6 Å². The monoisotopic (exact) mass is 542 g/mol. The number of nitrogens with one attached hydrogen (secondary N) is 3. The molecule has 2 aromatic rings. The molecule has 3 amide bonds. The lowest BCUT2D eigenvalue weighted by Gasteiger charge is -2.28. The van der Waals surface area contributed by atoms with Crippen LogP contribution in [-0.4, -0.2) is 56.6 Å². The van der Waals surface area contributed by atoms with E-state index in [9.17, 15) is 23.2 Å². The van der Waals surface area contributed by atoms with Gasteiger partial charge in [0.1, 0.15) is 12.6 Å². The third kappa shape index (κ3) is 7.70. The van der Waals surface area contributed by atoms with E-state index >= 15 is 0 Å². The van der Waals surface area contributed by atoms with Crippen LogP contribution in [-0.2, 0) is 14.3 Å². The van der Waals surface area contributed by atoms with Crippen molar-refractivity contribution < 1.29 is 27.9 Å². The van der Waals surface area contributed by atoms with Crippen LogP contribution in [0.2, 0.25) is 4.34 Å². The first kappa shape index (κ1) is 28.0. The van der Waals surface area contributed by atoms with Crippen molar-refractivity contribution in [2.45, 2.75) is 33.2 Å². The molecule has 0 saturated carbocycles. The standard InChI is InChI=1S/C24H29ClF2N4O4S/c1-24(2,3)13-29-17(11-28-23(34)18-6-7-19(25)36-18)22(33)30-16-5-4-14(10-15(16)21(26)27)31-8-9-35-12-20(31)32/h4-7,10,17,21,29H,8-9,11-13H2,1-3H3,(H,28,34)(H,30,33)/t17-/m0/s1. The van der Waals surface area contributed by atoms with E-state index < -0.39 is 29.8 Å². The van der Waals surface area contributed by atoms with E-state index in [0.717, 1.165) is 11.3 Å². The first-order chi connectivity index (χ1) is 16.9. The molecule has 1 aliphatic heterocycles. The van der Waals surface area contributed by atoms with Gasteiger partial charge in [-0.25, -0.2) is 8.78 Å². The number of hydrogen-bond donors (Lipinski definition) is 3. The Hall–Kier alpha value is -2.60. The van der Waals surface area contributed by atoms with E-state index in [2.05, 4.69) is 16.0 Å². The maximum absolute atomic E-state index is 13.9. The summed E-state index contributed by atoms with van der Waals surface area (Å²) in [6.07, 6.45) is -2.89. The minimum atomic E-state index is -2.89. The molecule has 0 radical (unpaired) electrons. The molecular weight excluding hydrogens is 514 g/mol. The van der Waals surface area contributed by atoms with Crippen LogP contribution in [0.25, 0.3) is 0 Å². The molecule has 0 aliphatic carbocycles. The first-order valence-corrected chi connectivity index (χ1v) is 12.5. The number of halogens is 3. The molecule has 1 fully saturated rings. The van der Waals surface area contributed by atoms with Crippen LogP contribution >= 0.6 is 22.9 Å². The third-order valence-corrected chi connectivity index (χ3v) is 6.51. The molecule has 1 atom stereocenters. The van der Waals surface area contributed by atoms with E-state index in [1.165, 1.54) is 23.1 Å². The Balaban J connectivity index is 1.76. The fourth-order valence-electron chi connectivity index (χ4n) is 3.43. The van der Waals surface area contributed by atoms with Gasteiger partial charge in [-0.2, -0.15) is 0 Å². The second kappa shape index (κ2) is 12.1. The number of anilines is 2. The highest BCUT2D eigenvalue weighted by Crippen LogP contribution is 2.32. The molecular formula is C24H29ClF2N4O4S. The van der Waals surface area contributed by atoms with Crippen molar-refractivity contribution >= 4 is 52.0 Å². The van der Waals surface area contributed by atoms with Gasteiger partial charge in [-0.3, -0.25) is 14.4 Å². The average molecular weight is 543 g/mol. The summed E-state index contributed by atoms with van der Waals surface area (Å²) in [6, 6.07) is 6.34. The topological polar surface area (TPSA) is 99.8 Å². The Kier molecular flexibility index (Phi) is 9.40. The quantitative estimate of drug-likeness (QED) is 0.443. The van der Waals surface area contributed by atoms with Crippen molar-refractivity contribution in [3.8, 4) is 0 Å². The molecule has 2 heterocycles. The summed E-state index contributed by atoms with van der Waals surface area (Å²) in [5.41, 5.74) is -0.351. The molecule has 196 valence electrons. The van der Waals surface area contributed by atoms with Crippen LogP contribution in [0.15, 0.2) is 30.3 Å². The zero-order valence-electron chi connectivity index (χ0n) is 20.2. The zero-order valence-corrected chi connectivity index (χ0v) is 21.8. The Morgan fingerprint density at radius 3 is 2.58 bits per heavy atom. The Bertz CT molecular complexity index is 1110. The number of hydrogen-bond acceptors (Lipinski definition) is 6. The number of carbonyl (C=O) groups is 3. The summed E-state index contributed by atoms with van der Waals surface area (Å²) in [4.78, 5) is 39.4. The number of carbonyl (C=O) groups excluding carboxylic acids is 3. The lowest BCUT2D eigenvalue weighted by Crippen LogP contribution is -2.50. The molecule has 1 aromatic carbocycles. The van der Waals surface area contributed by atoms with Crippen molar-refractivity contribution in [3.63, 3.8) is 0 Å². The lowest BCUT2D eigenvalue weighted by atomic mass is 9.96. The highest BCUT2D eigenvalue weighted by atomic mass is 35.5. The van der Waals surface area contributed by atoms with Crippen molar-refractivity contribution in [1.29, 1.82) is 0 Å². The average Bonchev–Trinajstić information content (AvgIpc) is 3.25. The largest absolute Gasteiger partial charge is 0.370 e. The van der Waals surface area contributed by atoms with Crippen molar-refractivity contribution in [3.05, 3.63) is 45.1 Å². The Morgan fingerprint density at radius 2 is 1.97 bits per heavy atom. The van der Waals surface area contributed by atoms with Gasteiger partial charge in [-0.15, -0.1) is 11.3 Å². The van der Waals surface area contributed by atoms with E-state index in [-0.39, 0.29) is 36.7 Å². The molecule has 12 heteroatoms. The van der Waals surface area contributed by atoms with Gasteiger partial charge in [0.15, 0.2) is 0 Å². The fourth-order valence-corrected chi connectivity index (χ4v) is 4.39. The van der Waals surface area contributed by atoms with Crippen LogP contribution in [0.1, 0.15) is 42.4 Å². The molecule has 1 aromatic heterocycles. The third-order valence-electron chi connectivity index (χ3n) is 5.28. The second-order valence-corrected chi connectivity index (χ2v) is 11.2. The molecule has 1 saturated heterocycles.